The summed E-state index contributed by atoms with van der Waals surface area (Å²) in [5, 5.41) is 0. The smallest absolute Gasteiger partial charge is 0.234 e. The molecule has 0 unspecified atom stereocenters. The zero-order valence-electron chi connectivity index (χ0n) is 10.7. The molecule has 0 bridgehead atoms. The molecule has 0 amide bonds. The Hall–Kier alpha value is -2.74. The van der Waals surface area contributed by atoms with Crippen molar-refractivity contribution in [1.82, 2.24) is 0 Å². The first-order chi connectivity index (χ1) is 9.77. The Morgan fingerprint density at radius 1 is 0.650 bits per heavy atom. The number of rotatable bonds is 3. The van der Waals surface area contributed by atoms with E-state index < -0.39 is 10.9 Å². The minimum Gasteiger partial charge on any atom is -0.285 e. The van der Waals surface area contributed by atoms with Crippen molar-refractivity contribution in [2.75, 3.05) is 0 Å². The van der Waals surface area contributed by atoms with Crippen LogP contribution in [0.4, 0.5) is 0 Å². The van der Waals surface area contributed by atoms with E-state index in [1.165, 1.54) is 0 Å². The van der Waals surface area contributed by atoms with Crippen molar-refractivity contribution in [3.63, 3.8) is 0 Å². The monoisotopic (exact) mass is 260 g/mol. The molecule has 0 fully saturated rings. The van der Waals surface area contributed by atoms with Crippen molar-refractivity contribution in [2.24, 2.45) is 0 Å². The van der Waals surface area contributed by atoms with Crippen LogP contribution in [0.15, 0.2) is 70.3 Å². The molecule has 0 radical (unpaired) electrons. The number of hydrogen-bond donors (Lipinski definition) is 0. The molecule has 0 aromatic heterocycles. The Morgan fingerprint density at radius 2 is 1.25 bits per heavy atom. The Balaban J connectivity index is 2.01. The lowest BCUT2D eigenvalue weighted by molar-refractivity contribution is 1.38. The van der Waals surface area contributed by atoms with Crippen LogP contribution >= 0.6 is 0 Å². The maximum Gasteiger partial charge on any atom is 0.234 e. The second kappa shape index (κ2) is 5.10. The highest BCUT2D eigenvalue weighted by atomic mass is 16.2. The highest BCUT2D eigenvalue weighted by Crippen LogP contribution is 2.20. The van der Waals surface area contributed by atoms with Gasteiger partial charge in [0, 0.05) is 11.1 Å². The van der Waals surface area contributed by atoms with E-state index in [-0.39, 0.29) is 0 Å². The Bertz CT molecular complexity index is 821. The highest BCUT2D eigenvalue weighted by molar-refractivity contribution is 5.83. The summed E-state index contributed by atoms with van der Waals surface area (Å²) in [6, 6.07) is 19.0. The molecule has 2 nitrogen and oxygen atoms in total. The molecule has 20 heavy (non-hydrogen) atoms. The SMILES string of the molecule is O=c1c(/C=C/c2ccccc2)c(-c2ccccc2)c1=O. The van der Waals surface area contributed by atoms with E-state index in [0.717, 1.165) is 11.1 Å². The molecule has 96 valence electrons. The zero-order chi connectivity index (χ0) is 13.9. The molecule has 0 saturated heterocycles. The van der Waals surface area contributed by atoms with Gasteiger partial charge in [-0.05, 0) is 17.2 Å². The second-order valence-corrected chi connectivity index (χ2v) is 4.56. The minimum atomic E-state index is -0.406. The average Bonchev–Trinajstić information content (AvgIpc) is 2.52. The molecular formula is C18H12O2. The molecule has 0 heterocycles. The van der Waals surface area contributed by atoms with E-state index in [4.69, 9.17) is 0 Å². The van der Waals surface area contributed by atoms with Crippen LogP contribution < -0.4 is 10.9 Å². The first-order valence-corrected chi connectivity index (χ1v) is 6.39. The van der Waals surface area contributed by atoms with Crippen LogP contribution in [0.25, 0.3) is 23.3 Å². The minimum absolute atomic E-state index is 0.399. The lowest BCUT2D eigenvalue weighted by atomic mass is 9.93. The van der Waals surface area contributed by atoms with Crippen LogP contribution in [0, 0.1) is 0 Å². The van der Waals surface area contributed by atoms with Crippen molar-refractivity contribution >= 4 is 12.2 Å². The van der Waals surface area contributed by atoms with Gasteiger partial charge in [0.15, 0.2) is 0 Å². The lowest BCUT2D eigenvalue weighted by Crippen LogP contribution is -2.35. The van der Waals surface area contributed by atoms with Gasteiger partial charge in [0.05, 0.1) is 0 Å². The molecule has 0 atom stereocenters. The molecule has 2 heteroatoms. The van der Waals surface area contributed by atoms with Crippen LogP contribution in [0.3, 0.4) is 0 Å². The van der Waals surface area contributed by atoms with E-state index in [9.17, 15) is 9.59 Å². The third kappa shape index (κ3) is 2.12. The maximum atomic E-state index is 11.7. The van der Waals surface area contributed by atoms with E-state index in [1.807, 2.05) is 66.7 Å². The molecule has 3 aromatic rings. The van der Waals surface area contributed by atoms with Crippen LogP contribution in [0.5, 0.6) is 0 Å². The largest absolute Gasteiger partial charge is 0.285 e. The number of hydrogen-bond acceptors (Lipinski definition) is 2. The summed E-state index contributed by atoms with van der Waals surface area (Å²) >= 11 is 0. The van der Waals surface area contributed by atoms with E-state index in [0.29, 0.717) is 11.1 Å². The van der Waals surface area contributed by atoms with Crippen LogP contribution in [-0.2, 0) is 0 Å². The normalized spacial score (nSPS) is 11.2. The third-order valence-corrected chi connectivity index (χ3v) is 3.25. The van der Waals surface area contributed by atoms with E-state index in [1.54, 1.807) is 6.08 Å². The van der Waals surface area contributed by atoms with Crippen molar-refractivity contribution in [3.05, 3.63) is 92.2 Å². The van der Waals surface area contributed by atoms with E-state index in [2.05, 4.69) is 0 Å². The summed E-state index contributed by atoms with van der Waals surface area (Å²) in [5.74, 6) is 0. The van der Waals surface area contributed by atoms with Crippen molar-refractivity contribution < 1.29 is 0 Å². The lowest BCUT2D eigenvalue weighted by Gasteiger charge is -2.07. The number of benzene rings is 2. The van der Waals surface area contributed by atoms with Gasteiger partial charge in [0.2, 0.25) is 10.9 Å². The van der Waals surface area contributed by atoms with Crippen molar-refractivity contribution in [1.29, 1.82) is 0 Å². The molecule has 3 aromatic carbocycles. The molecule has 3 rings (SSSR count). The first kappa shape index (κ1) is 12.3. The van der Waals surface area contributed by atoms with Crippen LogP contribution in [0.2, 0.25) is 0 Å². The van der Waals surface area contributed by atoms with E-state index >= 15 is 0 Å². The average molecular weight is 260 g/mol. The second-order valence-electron chi connectivity index (χ2n) is 4.56. The highest BCUT2D eigenvalue weighted by Gasteiger charge is 2.19. The fraction of sp³-hybridized carbons (Fsp3) is 0. The summed E-state index contributed by atoms with van der Waals surface area (Å²) in [5.41, 5.74) is 2.00. The standard InChI is InChI=1S/C18H12O2/c19-17-15(12-11-13-7-3-1-4-8-13)16(18(17)20)14-9-5-2-6-10-14/h1-12H/b12-11+. The van der Waals surface area contributed by atoms with Gasteiger partial charge in [0.1, 0.15) is 0 Å². The van der Waals surface area contributed by atoms with Gasteiger partial charge in [0.25, 0.3) is 0 Å². The van der Waals surface area contributed by atoms with Gasteiger partial charge in [-0.25, -0.2) is 0 Å². The topological polar surface area (TPSA) is 34.1 Å². The zero-order valence-corrected chi connectivity index (χ0v) is 10.7. The molecule has 0 aliphatic heterocycles. The van der Waals surface area contributed by atoms with Gasteiger partial charge >= 0.3 is 0 Å². The van der Waals surface area contributed by atoms with Crippen molar-refractivity contribution in [3.8, 4) is 11.1 Å². The van der Waals surface area contributed by atoms with Crippen LogP contribution in [0.1, 0.15) is 11.1 Å². The fourth-order valence-electron chi connectivity index (χ4n) is 2.20. The van der Waals surface area contributed by atoms with Gasteiger partial charge in [-0.1, -0.05) is 66.7 Å². The third-order valence-electron chi connectivity index (χ3n) is 3.25. The molecule has 0 N–H and O–H groups in total. The van der Waals surface area contributed by atoms with Crippen molar-refractivity contribution in [2.45, 2.75) is 0 Å². The molecular weight excluding hydrogens is 248 g/mol. The summed E-state index contributed by atoms with van der Waals surface area (Å²) in [4.78, 5) is 23.5. The Morgan fingerprint density at radius 3 is 1.90 bits per heavy atom. The maximum absolute atomic E-state index is 11.7. The summed E-state index contributed by atoms with van der Waals surface area (Å²) in [6.07, 6.45) is 3.57. The molecule has 0 aliphatic rings. The summed E-state index contributed by atoms with van der Waals surface area (Å²) in [7, 11) is 0. The van der Waals surface area contributed by atoms with Crippen LogP contribution in [-0.4, -0.2) is 0 Å². The Labute approximate surface area is 116 Å². The summed E-state index contributed by atoms with van der Waals surface area (Å²) in [6.45, 7) is 0. The van der Waals surface area contributed by atoms with Gasteiger partial charge in [-0.3, -0.25) is 9.59 Å². The molecule has 0 saturated carbocycles. The predicted molar refractivity (Wildman–Crippen MR) is 82.2 cm³/mol. The summed E-state index contributed by atoms with van der Waals surface area (Å²) < 4.78 is 0. The quantitative estimate of drug-likeness (QED) is 0.678. The fourth-order valence-corrected chi connectivity index (χ4v) is 2.20. The predicted octanol–water partition coefficient (Wildman–Crippen LogP) is 3.12. The molecule has 0 aliphatic carbocycles. The Kier molecular flexibility index (Phi) is 3.13. The first-order valence-electron chi connectivity index (χ1n) is 6.39. The van der Waals surface area contributed by atoms with Gasteiger partial charge < -0.3 is 0 Å². The van der Waals surface area contributed by atoms with Gasteiger partial charge in [-0.15, -0.1) is 0 Å². The molecule has 0 spiro atoms. The van der Waals surface area contributed by atoms with Gasteiger partial charge in [-0.2, -0.15) is 0 Å².